The summed E-state index contributed by atoms with van der Waals surface area (Å²) in [4.78, 5) is 8.92. The van der Waals surface area contributed by atoms with Crippen molar-refractivity contribution in [1.29, 1.82) is 0 Å². The Kier molecular flexibility index (Phi) is 3.73. The number of nitrogens with two attached hydrogens (primary N) is 1. The second-order valence-electron chi connectivity index (χ2n) is 6.02. The lowest BCUT2D eigenvalue weighted by Gasteiger charge is -2.12. The van der Waals surface area contributed by atoms with Gasteiger partial charge in [-0.25, -0.2) is 4.98 Å². The van der Waals surface area contributed by atoms with Gasteiger partial charge in [0.1, 0.15) is 5.75 Å². The second kappa shape index (κ2) is 6.04. The highest BCUT2D eigenvalue weighted by Gasteiger charge is 2.22. The summed E-state index contributed by atoms with van der Waals surface area (Å²) in [7, 11) is 1.64. The van der Waals surface area contributed by atoms with E-state index in [1.54, 1.807) is 18.0 Å². The Morgan fingerprint density at radius 3 is 2.79 bits per heavy atom. The van der Waals surface area contributed by atoms with Crippen LogP contribution in [0.2, 0.25) is 0 Å². The average molecular weight is 325 g/mol. The fourth-order valence-electron chi connectivity index (χ4n) is 3.03. The quantitative estimate of drug-likeness (QED) is 0.749. The van der Waals surface area contributed by atoms with E-state index in [1.807, 2.05) is 24.3 Å². The van der Waals surface area contributed by atoms with Crippen molar-refractivity contribution in [2.75, 3.05) is 12.4 Å². The molecule has 0 spiro atoms. The molecule has 24 heavy (non-hydrogen) atoms. The van der Waals surface area contributed by atoms with Crippen LogP contribution in [-0.4, -0.2) is 44.2 Å². The number of rotatable bonds is 4. The van der Waals surface area contributed by atoms with Gasteiger partial charge in [0.2, 0.25) is 5.95 Å². The molecule has 1 aliphatic rings. The van der Waals surface area contributed by atoms with Crippen LogP contribution in [0.25, 0.3) is 16.9 Å². The maximum absolute atomic E-state index is 5.96. The predicted octanol–water partition coefficient (Wildman–Crippen LogP) is 1.51. The average Bonchev–Trinajstić information content (AvgIpc) is 3.21. The number of hydrogen-bond acceptors (Lipinski definition) is 7. The van der Waals surface area contributed by atoms with Crippen LogP contribution in [0, 0.1) is 0 Å². The van der Waals surface area contributed by atoms with Crippen molar-refractivity contribution in [2.45, 2.75) is 31.3 Å². The van der Waals surface area contributed by atoms with Gasteiger partial charge in [-0.2, -0.15) is 9.67 Å². The Hall–Kier alpha value is -2.74. The number of anilines is 1. The maximum Gasteiger partial charge on any atom is 0.225 e. The Morgan fingerprint density at radius 1 is 1.25 bits per heavy atom. The van der Waals surface area contributed by atoms with Crippen LogP contribution < -0.4 is 15.8 Å². The highest BCUT2D eigenvalue weighted by Crippen LogP contribution is 2.22. The molecule has 2 atom stereocenters. The van der Waals surface area contributed by atoms with Gasteiger partial charge in [0.25, 0.3) is 0 Å². The summed E-state index contributed by atoms with van der Waals surface area (Å²) < 4.78 is 6.88. The summed E-state index contributed by atoms with van der Waals surface area (Å²) in [6.45, 7) is 0. The first kappa shape index (κ1) is 14.8. The normalized spacial score (nSPS) is 20.4. The van der Waals surface area contributed by atoms with Gasteiger partial charge in [0, 0.05) is 12.1 Å². The number of fused-ring (bicyclic) bond motifs is 1. The van der Waals surface area contributed by atoms with Crippen LogP contribution in [-0.2, 0) is 0 Å². The molecule has 1 fully saturated rings. The largest absolute Gasteiger partial charge is 0.497 e. The Morgan fingerprint density at radius 2 is 2.08 bits per heavy atom. The van der Waals surface area contributed by atoms with E-state index in [-0.39, 0.29) is 6.04 Å². The highest BCUT2D eigenvalue weighted by molar-refractivity contribution is 5.72. The van der Waals surface area contributed by atoms with Gasteiger partial charge in [-0.3, -0.25) is 0 Å². The van der Waals surface area contributed by atoms with Crippen molar-refractivity contribution in [2.24, 2.45) is 5.73 Å². The zero-order chi connectivity index (χ0) is 16.5. The van der Waals surface area contributed by atoms with Gasteiger partial charge in [-0.1, -0.05) is 5.21 Å². The first-order chi connectivity index (χ1) is 11.7. The third kappa shape index (κ3) is 2.76. The summed E-state index contributed by atoms with van der Waals surface area (Å²) >= 11 is 0. The molecule has 0 saturated heterocycles. The van der Waals surface area contributed by atoms with Gasteiger partial charge < -0.3 is 15.8 Å². The molecule has 1 aromatic carbocycles. The number of methoxy groups -OCH3 is 1. The molecule has 8 heteroatoms. The molecule has 2 heterocycles. The molecule has 8 nitrogen and oxygen atoms in total. The molecule has 0 unspecified atom stereocenters. The molecule has 0 radical (unpaired) electrons. The summed E-state index contributed by atoms with van der Waals surface area (Å²) in [5.41, 5.74) is 8.15. The molecule has 0 bridgehead atoms. The van der Waals surface area contributed by atoms with E-state index in [9.17, 15) is 0 Å². The number of hydrogen-bond donors (Lipinski definition) is 2. The third-order valence-electron chi connectivity index (χ3n) is 4.32. The molecular weight excluding hydrogens is 306 g/mol. The Labute approximate surface area is 139 Å². The topological polar surface area (TPSA) is 104 Å². The third-order valence-corrected chi connectivity index (χ3v) is 4.32. The number of nitrogens with one attached hydrogen (secondary N) is 1. The summed E-state index contributed by atoms with van der Waals surface area (Å²) in [5.74, 6) is 1.37. The van der Waals surface area contributed by atoms with Crippen molar-refractivity contribution >= 4 is 17.1 Å². The fraction of sp³-hybridized carbons (Fsp3) is 0.375. The standard InChI is InChI=1S/C16H19N7O/c1-24-13-6-4-12(5-7-13)23-15-14(21-22-23)9-18-16(20-15)19-11-3-2-10(17)8-11/h4-7,9-11H,2-3,8,17H2,1H3,(H,18,19,20)/t10-,11+/m0/s1. The van der Waals surface area contributed by atoms with E-state index in [4.69, 9.17) is 10.5 Å². The molecule has 0 amide bonds. The number of nitrogens with zero attached hydrogens (tertiary/aromatic N) is 5. The highest BCUT2D eigenvalue weighted by atomic mass is 16.5. The molecule has 1 aliphatic carbocycles. The lowest BCUT2D eigenvalue weighted by Crippen LogP contribution is -2.21. The number of aromatic nitrogens is 5. The van der Waals surface area contributed by atoms with Crippen molar-refractivity contribution in [3.8, 4) is 11.4 Å². The zero-order valence-corrected chi connectivity index (χ0v) is 13.4. The minimum atomic E-state index is 0.262. The Balaban J connectivity index is 1.65. The van der Waals surface area contributed by atoms with Crippen LogP contribution in [0.15, 0.2) is 30.5 Å². The predicted molar refractivity (Wildman–Crippen MR) is 90.2 cm³/mol. The molecule has 3 N–H and O–H groups in total. The Bertz CT molecular complexity index is 845. The molecule has 1 saturated carbocycles. The lowest BCUT2D eigenvalue weighted by molar-refractivity contribution is 0.414. The summed E-state index contributed by atoms with van der Waals surface area (Å²) in [6.07, 6.45) is 4.70. The summed E-state index contributed by atoms with van der Waals surface area (Å²) in [6, 6.07) is 8.17. The maximum atomic E-state index is 5.96. The minimum absolute atomic E-state index is 0.262. The van der Waals surface area contributed by atoms with Crippen molar-refractivity contribution in [1.82, 2.24) is 25.0 Å². The van der Waals surface area contributed by atoms with Crippen LogP contribution in [0.4, 0.5) is 5.95 Å². The van der Waals surface area contributed by atoms with Gasteiger partial charge in [0.15, 0.2) is 11.2 Å². The molecule has 124 valence electrons. The molecule has 0 aliphatic heterocycles. The molecule has 4 rings (SSSR count). The van der Waals surface area contributed by atoms with Gasteiger partial charge >= 0.3 is 0 Å². The van der Waals surface area contributed by atoms with Gasteiger partial charge in [-0.15, -0.1) is 5.10 Å². The first-order valence-electron chi connectivity index (χ1n) is 7.98. The minimum Gasteiger partial charge on any atom is -0.497 e. The summed E-state index contributed by atoms with van der Waals surface area (Å²) in [5, 5.41) is 11.7. The van der Waals surface area contributed by atoms with E-state index < -0.39 is 0 Å². The smallest absolute Gasteiger partial charge is 0.225 e. The van der Waals surface area contributed by atoms with E-state index >= 15 is 0 Å². The van der Waals surface area contributed by atoms with Crippen LogP contribution in [0.3, 0.4) is 0 Å². The zero-order valence-electron chi connectivity index (χ0n) is 13.4. The van der Waals surface area contributed by atoms with Crippen LogP contribution in [0.1, 0.15) is 19.3 Å². The number of ether oxygens (including phenoxy) is 1. The van der Waals surface area contributed by atoms with Crippen LogP contribution >= 0.6 is 0 Å². The SMILES string of the molecule is COc1ccc(-n2nnc3cnc(N[C@@H]4CC[C@H](N)C4)nc32)cc1. The van der Waals surface area contributed by atoms with Crippen molar-refractivity contribution in [3.63, 3.8) is 0 Å². The van der Waals surface area contributed by atoms with E-state index in [0.29, 0.717) is 23.2 Å². The van der Waals surface area contributed by atoms with Gasteiger partial charge in [0.05, 0.1) is 19.0 Å². The molecule has 2 aromatic heterocycles. The second-order valence-corrected chi connectivity index (χ2v) is 6.02. The first-order valence-corrected chi connectivity index (χ1v) is 7.98. The van der Waals surface area contributed by atoms with Crippen molar-refractivity contribution < 1.29 is 4.74 Å². The molecular formula is C16H19N7O. The number of benzene rings is 1. The van der Waals surface area contributed by atoms with E-state index in [0.717, 1.165) is 30.7 Å². The monoisotopic (exact) mass is 325 g/mol. The molecule has 3 aromatic rings. The lowest BCUT2D eigenvalue weighted by atomic mass is 10.2. The van der Waals surface area contributed by atoms with E-state index in [2.05, 4.69) is 25.6 Å². The van der Waals surface area contributed by atoms with E-state index in [1.165, 1.54) is 0 Å². The van der Waals surface area contributed by atoms with Crippen LogP contribution in [0.5, 0.6) is 5.75 Å². The fourth-order valence-corrected chi connectivity index (χ4v) is 3.03. The van der Waals surface area contributed by atoms with Crippen molar-refractivity contribution in [3.05, 3.63) is 30.5 Å². The van der Waals surface area contributed by atoms with Gasteiger partial charge in [-0.05, 0) is 43.5 Å².